The summed E-state index contributed by atoms with van der Waals surface area (Å²) in [4.78, 5) is 30.2. The minimum atomic E-state index is -0.0236. The van der Waals surface area contributed by atoms with Gasteiger partial charge in [0, 0.05) is 42.7 Å². The van der Waals surface area contributed by atoms with Gasteiger partial charge in [0.15, 0.2) is 5.78 Å². The maximum atomic E-state index is 12.5. The number of aromatic nitrogens is 4. The van der Waals surface area contributed by atoms with E-state index in [1.807, 2.05) is 55.5 Å². The Kier molecular flexibility index (Phi) is 5.47. The zero-order valence-corrected chi connectivity index (χ0v) is 16.1. The first kappa shape index (κ1) is 18.6. The molecule has 3 heterocycles. The summed E-state index contributed by atoms with van der Waals surface area (Å²) < 4.78 is 0. The quantitative estimate of drug-likeness (QED) is 0.468. The summed E-state index contributed by atoms with van der Waals surface area (Å²) in [5.74, 6) is 0.703. The van der Waals surface area contributed by atoms with E-state index in [1.165, 1.54) is 0 Å². The molecule has 0 amide bonds. The lowest BCUT2D eigenvalue weighted by atomic mass is 10.0. The van der Waals surface area contributed by atoms with Crippen LogP contribution in [0.4, 0.5) is 0 Å². The number of hydrogen-bond donors (Lipinski definition) is 0. The van der Waals surface area contributed by atoms with Gasteiger partial charge in [-0.2, -0.15) is 0 Å². The lowest BCUT2D eigenvalue weighted by molar-refractivity contribution is 0.0988. The summed E-state index contributed by atoms with van der Waals surface area (Å²) in [5, 5.41) is 0. The molecule has 0 radical (unpaired) electrons. The van der Waals surface area contributed by atoms with Gasteiger partial charge >= 0.3 is 0 Å². The Balaban J connectivity index is 1.55. The molecule has 29 heavy (non-hydrogen) atoms. The highest BCUT2D eigenvalue weighted by Crippen LogP contribution is 2.18. The predicted molar refractivity (Wildman–Crippen MR) is 112 cm³/mol. The van der Waals surface area contributed by atoms with Crippen LogP contribution in [0.1, 0.15) is 33.1 Å². The summed E-state index contributed by atoms with van der Waals surface area (Å²) in [6.07, 6.45) is 5.99. The van der Waals surface area contributed by atoms with Crippen molar-refractivity contribution in [3.05, 3.63) is 108 Å². The van der Waals surface area contributed by atoms with Crippen molar-refractivity contribution in [3.8, 4) is 11.3 Å². The van der Waals surface area contributed by atoms with Crippen molar-refractivity contribution in [2.45, 2.75) is 19.8 Å². The molecule has 0 aliphatic heterocycles. The molecule has 4 aromatic rings. The number of carbonyl (C=O) groups is 1. The largest absolute Gasteiger partial charge is 0.292 e. The van der Waals surface area contributed by atoms with Crippen LogP contribution in [-0.4, -0.2) is 25.7 Å². The molecular weight excluding hydrogens is 360 g/mol. The highest BCUT2D eigenvalue weighted by molar-refractivity contribution is 5.95. The van der Waals surface area contributed by atoms with E-state index in [4.69, 9.17) is 4.98 Å². The summed E-state index contributed by atoms with van der Waals surface area (Å²) in [6, 6.07) is 19.3. The van der Waals surface area contributed by atoms with Crippen molar-refractivity contribution in [1.29, 1.82) is 0 Å². The minimum Gasteiger partial charge on any atom is -0.292 e. The Labute approximate surface area is 169 Å². The molecule has 5 nitrogen and oxygen atoms in total. The van der Waals surface area contributed by atoms with E-state index in [9.17, 15) is 4.79 Å². The Morgan fingerprint density at radius 2 is 1.72 bits per heavy atom. The Morgan fingerprint density at radius 3 is 2.52 bits per heavy atom. The molecule has 0 N–H and O–H groups in total. The molecule has 0 aliphatic rings. The monoisotopic (exact) mass is 380 g/mol. The molecule has 0 unspecified atom stereocenters. The molecule has 0 fully saturated rings. The van der Waals surface area contributed by atoms with Gasteiger partial charge in [-0.05, 0) is 36.2 Å². The third kappa shape index (κ3) is 4.58. The van der Waals surface area contributed by atoms with E-state index in [2.05, 4.69) is 15.0 Å². The van der Waals surface area contributed by atoms with Gasteiger partial charge in [-0.15, -0.1) is 0 Å². The lowest BCUT2D eigenvalue weighted by Gasteiger charge is -2.09. The second-order valence-corrected chi connectivity index (χ2v) is 6.80. The summed E-state index contributed by atoms with van der Waals surface area (Å²) >= 11 is 0. The zero-order chi connectivity index (χ0) is 20.1. The standard InChI is InChI=1S/C24H20N4O/c1-17-20(13-18(16-27-17)14-23(29)22-9-5-6-11-25-22)15-24-26-12-10-21(28-24)19-7-3-2-4-8-19/h2-13,16H,14-15H2,1H3. The lowest BCUT2D eigenvalue weighted by Crippen LogP contribution is -2.07. The van der Waals surface area contributed by atoms with Gasteiger partial charge in [0.1, 0.15) is 11.5 Å². The average Bonchev–Trinajstić information content (AvgIpc) is 2.77. The van der Waals surface area contributed by atoms with Crippen molar-refractivity contribution in [3.63, 3.8) is 0 Å². The molecule has 4 rings (SSSR count). The molecular formula is C24H20N4O. The van der Waals surface area contributed by atoms with Gasteiger partial charge in [0.05, 0.1) is 5.69 Å². The molecule has 0 atom stereocenters. The molecule has 5 heteroatoms. The number of ketones is 1. The minimum absolute atomic E-state index is 0.0236. The average molecular weight is 380 g/mol. The van der Waals surface area contributed by atoms with Crippen LogP contribution in [0.15, 0.2) is 79.3 Å². The van der Waals surface area contributed by atoms with Crippen LogP contribution in [-0.2, 0) is 12.8 Å². The topological polar surface area (TPSA) is 68.6 Å². The maximum Gasteiger partial charge on any atom is 0.185 e. The van der Waals surface area contributed by atoms with Crippen LogP contribution in [0.3, 0.4) is 0 Å². The Hall–Kier alpha value is -3.73. The number of aryl methyl sites for hydroxylation is 1. The van der Waals surface area contributed by atoms with Crippen molar-refractivity contribution in [1.82, 2.24) is 19.9 Å². The van der Waals surface area contributed by atoms with Crippen molar-refractivity contribution in [2.75, 3.05) is 0 Å². The number of Topliss-reactive ketones (excluding diaryl/α,β-unsaturated/α-hetero) is 1. The smallest absolute Gasteiger partial charge is 0.185 e. The number of nitrogens with zero attached hydrogens (tertiary/aromatic N) is 4. The third-order valence-electron chi connectivity index (χ3n) is 4.69. The van der Waals surface area contributed by atoms with Crippen LogP contribution in [0, 0.1) is 6.92 Å². The fraction of sp³-hybridized carbons (Fsp3) is 0.125. The third-order valence-corrected chi connectivity index (χ3v) is 4.69. The van der Waals surface area contributed by atoms with Crippen LogP contribution in [0.2, 0.25) is 0 Å². The Morgan fingerprint density at radius 1 is 0.897 bits per heavy atom. The van der Waals surface area contributed by atoms with Gasteiger partial charge in [-0.3, -0.25) is 14.8 Å². The number of rotatable bonds is 6. The van der Waals surface area contributed by atoms with E-state index in [-0.39, 0.29) is 12.2 Å². The predicted octanol–water partition coefficient (Wildman–Crippen LogP) is 4.26. The molecule has 0 bridgehead atoms. The van der Waals surface area contributed by atoms with Gasteiger partial charge in [0.25, 0.3) is 0 Å². The fourth-order valence-electron chi connectivity index (χ4n) is 3.13. The first-order valence-corrected chi connectivity index (χ1v) is 9.45. The van der Waals surface area contributed by atoms with E-state index < -0.39 is 0 Å². The second-order valence-electron chi connectivity index (χ2n) is 6.80. The molecule has 0 saturated carbocycles. The van der Waals surface area contributed by atoms with Gasteiger partial charge in [0.2, 0.25) is 0 Å². The SMILES string of the molecule is Cc1ncc(CC(=O)c2ccccn2)cc1Cc1nccc(-c2ccccc2)n1. The second kappa shape index (κ2) is 8.52. The van der Waals surface area contributed by atoms with E-state index >= 15 is 0 Å². The first-order chi connectivity index (χ1) is 14.2. The molecule has 142 valence electrons. The van der Waals surface area contributed by atoms with Crippen LogP contribution in [0.25, 0.3) is 11.3 Å². The van der Waals surface area contributed by atoms with Crippen LogP contribution >= 0.6 is 0 Å². The molecule has 3 aromatic heterocycles. The highest BCUT2D eigenvalue weighted by Gasteiger charge is 2.11. The van der Waals surface area contributed by atoms with Crippen molar-refractivity contribution in [2.24, 2.45) is 0 Å². The van der Waals surface area contributed by atoms with Crippen molar-refractivity contribution >= 4 is 5.78 Å². The number of benzene rings is 1. The molecule has 1 aromatic carbocycles. The van der Waals surface area contributed by atoms with Crippen LogP contribution < -0.4 is 0 Å². The van der Waals surface area contributed by atoms with E-state index in [1.54, 1.807) is 30.7 Å². The first-order valence-electron chi connectivity index (χ1n) is 9.45. The highest BCUT2D eigenvalue weighted by atomic mass is 16.1. The summed E-state index contributed by atoms with van der Waals surface area (Å²) in [7, 11) is 0. The summed E-state index contributed by atoms with van der Waals surface area (Å²) in [5.41, 5.74) is 5.20. The van der Waals surface area contributed by atoms with E-state index in [0.29, 0.717) is 12.1 Å². The van der Waals surface area contributed by atoms with Gasteiger partial charge in [-0.25, -0.2) is 9.97 Å². The van der Waals surface area contributed by atoms with Gasteiger partial charge in [-0.1, -0.05) is 42.5 Å². The Bertz CT molecular complexity index is 1130. The number of hydrogen-bond acceptors (Lipinski definition) is 5. The number of carbonyl (C=O) groups excluding carboxylic acids is 1. The van der Waals surface area contributed by atoms with Crippen molar-refractivity contribution < 1.29 is 4.79 Å². The normalized spacial score (nSPS) is 10.7. The molecule has 0 saturated heterocycles. The van der Waals surface area contributed by atoms with E-state index in [0.717, 1.165) is 33.9 Å². The fourth-order valence-corrected chi connectivity index (χ4v) is 3.13. The number of pyridine rings is 2. The molecule has 0 spiro atoms. The molecule has 0 aliphatic carbocycles. The zero-order valence-electron chi connectivity index (χ0n) is 16.1. The van der Waals surface area contributed by atoms with Crippen LogP contribution in [0.5, 0.6) is 0 Å². The summed E-state index contributed by atoms with van der Waals surface area (Å²) in [6.45, 7) is 1.96. The maximum absolute atomic E-state index is 12.5. The van der Waals surface area contributed by atoms with Gasteiger partial charge < -0.3 is 0 Å².